The van der Waals surface area contributed by atoms with Gasteiger partial charge < -0.3 is 26.0 Å². The standard InChI is InChI=1S/C17H24N2O6/c1-16(2,3)25-15(23)17(19,14(21)22)12(18)9-13(20)24-10-11-7-5-4-6-8-11/h4-8,12H,9-10,18-19H2,1-3H3,(H,21,22)/t12?,17-/m1/s1. The molecule has 25 heavy (non-hydrogen) atoms. The number of carboxylic acids is 1. The van der Waals surface area contributed by atoms with Crippen molar-refractivity contribution in [2.45, 2.75) is 51.0 Å². The van der Waals surface area contributed by atoms with Gasteiger partial charge in [-0.15, -0.1) is 0 Å². The summed E-state index contributed by atoms with van der Waals surface area (Å²) in [4.78, 5) is 35.6. The van der Waals surface area contributed by atoms with E-state index in [1.807, 2.05) is 6.07 Å². The van der Waals surface area contributed by atoms with Crippen LogP contribution in [0.5, 0.6) is 0 Å². The number of benzene rings is 1. The molecule has 138 valence electrons. The van der Waals surface area contributed by atoms with E-state index in [2.05, 4.69) is 0 Å². The first kappa shape index (κ1) is 20.6. The molecule has 0 saturated carbocycles. The van der Waals surface area contributed by atoms with Gasteiger partial charge in [-0.3, -0.25) is 4.79 Å². The Hall–Kier alpha value is -2.45. The average molecular weight is 352 g/mol. The minimum atomic E-state index is -2.56. The third kappa shape index (κ3) is 5.84. The SMILES string of the molecule is CC(C)(C)OC(=O)[C@](N)(C(=O)O)C(N)CC(=O)OCc1ccccc1. The summed E-state index contributed by atoms with van der Waals surface area (Å²) < 4.78 is 10.1. The van der Waals surface area contributed by atoms with Gasteiger partial charge in [-0.1, -0.05) is 30.3 Å². The van der Waals surface area contributed by atoms with E-state index in [4.69, 9.17) is 20.9 Å². The van der Waals surface area contributed by atoms with Crippen LogP contribution in [0.3, 0.4) is 0 Å². The summed E-state index contributed by atoms with van der Waals surface area (Å²) in [6.45, 7) is 4.69. The van der Waals surface area contributed by atoms with Crippen molar-refractivity contribution in [3.63, 3.8) is 0 Å². The molecule has 0 amide bonds. The van der Waals surface area contributed by atoms with Crippen LogP contribution in [0.25, 0.3) is 0 Å². The Morgan fingerprint density at radius 2 is 1.72 bits per heavy atom. The maximum Gasteiger partial charge on any atom is 0.340 e. The minimum Gasteiger partial charge on any atom is -0.479 e. The Morgan fingerprint density at radius 1 is 1.16 bits per heavy atom. The number of nitrogens with two attached hydrogens (primary N) is 2. The van der Waals surface area contributed by atoms with Gasteiger partial charge in [0.1, 0.15) is 12.2 Å². The fraction of sp³-hybridized carbons (Fsp3) is 0.471. The monoisotopic (exact) mass is 352 g/mol. The quantitative estimate of drug-likeness (QED) is 0.477. The maximum absolute atomic E-state index is 12.2. The summed E-state index contributed by atoms with van der Waals surface area (Å²) in [7, 11) is 0. The van der Waals surface area contributed by atoms with Crippen LogP contribution in [0, 0.1) is 0 Å². The first-order chi connectivity index (χ1) is 11.5. The van der Waals surface area contributed by atoms with Crippen LogP contribution >= 0.6 is 0 Å². The van der Waals surface area contributed by atoms with Crippen LogP contribution in [0.4, 0.5) is 0 Å². The van der Waals surface area contributed by atoms with Crippen molar-refractivity contribution < 1.29 is 29.0 Å². The molecule has 0 aliphatic heterocycles. The Morgan fingerprint density at radius 3 is 2.20 bits per heavy atom. The molecule has 5 N–H and O–H groups in total. The van der Waals surface area contributed by atoms with E-state index < -0.39 is 41.5 Å². The highest BCUT2D eigenvalue weighted by Crippen LogP contribution is 2.18. The summed E-state index contributed by atoms with van der Waals surface area (Å²) in [6.07, 6.45) is -0.547. The first-order valence-electron chi connectivity index (χ1n) is 7.67. The lowest BCUT2D eigenvalue weighted by Gasteiger charge is -2.31. The molecule has 0 heterocycles. The van der Waals surface area contributed by atoms with Crippen LogP contribution in [0.2, 0.25) is 0 Å². The Labute approximate surface area is 146 Å². The molecule has 2 atom stereocenters. The normalized spacial score (nSPS) is 14.9. The number of esters is 2. The predicted molar refractivity (Wildman–Crippen MR) is 89.2 cm³/mol. The number of ether oxygens (including phenoxy) is 2. The van der Waals surface area contributed by atoms with Crippen molar-refractivity contribution >= 4 is 17.9 Å². The molecule has 0 bridgehead atoms. The zero-order valence-corrected chi connectivity index (χ0v) is 14.5. The lowest BCUT2D eigenvalue weighted by atomic mass is 9.89. The third-order valence-corrected chi connectivity index (χ3v) is 3.30. The second-order valence-corrected chi connectivity index (χ2v) is 6.63. The van der Waals surface area contributed by atoms with Gasteiger partial charge in [-0.25, -0.2) is 9.59 Å². The Kier molecular flexibility index (Phi) is 6.66. The summed E-state index contributed by atoms with van der Waals surface area (Å²) in [5, 5.41) is 9.33. The number of carbonyl (C=O) groups excluding carboxylic acids is 2. The number of carbonyl (C=O) groups is 3. The second-order valence-electron chi connectivity index (χ2n) is 6.63. The van der Waals surface area contributed by atoms with Crippen LogP contribution in [-0.4, -0.2) is 40.2 Å². The Bertz CT molecular complexity index is 626. The fourth-order valence-corrected chi connectivity index (χ4v) is 1.90. The molecule has 1 rings (SSSR count). The highest BCUT2D eigenvalue weighted by molar-refractivity contribution is 6.05. The largest absolute Gasteiger partial charge is 0.479 e. The lowest BCUT2D eigenvalue weighted by Crippen LogP contribution is -2.67. The second kappa shape index (κ2) is 8.09. The number of hydrogen-bond donors (Lipinski definition) is 3. The summed E-state index contributed by atoms with van der Waals surface area (Å²) in [6, 6.07) is 7.40. The van der Waals surface area contributed by atoms with Gasteiger partial charge in [0.15, 0.2) is 0 Å². The smallest absolute Gasteiger partial charge is 0.340 e. The van der Waals surface area contributed by atoms with Crippen molar-refractivity contribution in [3.8, 4) is 0 Å². The van der Waals surface area contributed by atoms with E-state index in [-0.39, 0.29) is 6.61 Å². The summed E-state index contributed by atoms with van der Waals surface area (Å²) in [5.74, 6) is -3.66. The summed E-state index contributed by atoms with van der Waals surface area (Å²) >= 11 is 0. The van der Waals surface area contributed by atoms with Gasteiger partial charge in [-0.05, 0) is 26.3 Å². The maximum atomic E-state index is 12.2. The molecule has 8 heteroatoms. The molecule has 1 aromatic rings. The zero-order chi connectivity index (χ0) is 19.3. The van der Waals surface area contributed by atoms with Crippen LogP contribution in [-0.2, 0) is 30.5 Å². The van der Waals surface area contributed by atoms with Crippen molar-refractivity contribution in [2.75, 3.05) is 0 Å². The Balaban J connectivity index is 2.75. The molecule has 0 aromatic heterocycles. The van der Waals surface area contributed by atoms with E-state index in [0.717, 1.165) is 5.56 Å². The van der Waals surface area contributed by atoms with Crippen LogP contribution in [0.1, 0.15) is 32.8 Å². The van der Waals surface area contributed by atoms with Gasteiger partial charge in [0.25, 0.3) is 0 Å². The molecule has 8 nitrogen and oxygen atoms in total. The molecule has 0 aliphatic rings. The molecule has 0 saturated heterocycles. The molecule has 0 spiro atoms. The minimum absolute atomic E-state index is 0.00345. The molecule has 1 aromatic carbocycles. The van der Waals surface area contributed by atoms with Gasteiger partial charge in [0.05, 0.1) is 12.5 Å². The van der Waals surface area contributed by atoms with Crippen LogP contribution in [0.15, 0.2) is 30.3 Å². The molecule has 1 unspecified atom stereocenters. The molecular weight excluding hydrogens is 328 g/mol. The van der Waals surface area contributed by atoms with Crippen LogP contribution < -0.4 is 11.5 Å². The van der Waals surface area contributed by atoms with E-state index in [9.17, 15) is 19.5 Å². The highest BCUT2D eigenvalue weighted by atomic mass is 16.6. The fourth-order valence-electron chi connectivity index (χ4n) is 1.90. The highest BCUT2D eigenvalue weighted by Gasteiger charge is 2.51. The molecule has 0 aliphatic carbocycles. The van der Waals surface area contributed by atoms with Gasteiger partial charge >= 0.3 is 17.9 Å². The van der Waals surface area contributed by atoms with Crippen molar-refractivity contribution in [1.82, 2.24) is 0 Å². The topological polar surface area (TPSA) is 142 Å². The average Bonchev–Trinajstić information content (AvgIpc) is 2.51. The number of hydrogen-bond acceptors (Lipinski definition) is 7. The molecule has 0 fully saturated rings. The predicted octanol–water partition coefficient (Wildman–Crippen LogP) is 0.571. The summed E-state index contributed by atoms with van der Waals surface area (Å²) in [5.41, 5.74) is 8.67. The molecular formula is C17H24N2O6. The van der Waals surface area contributed by atoms with Gasteiger partial charge in [0, 0.05) is 0 Å². The van der Waals surface area contributed by atoms with E-state index in [0.29, 0.717) is 0 Å². The lowest BCUT2D eigenvalue weighted by molar-refractivity contribution is -0.170. The first-order valence-corrected chi connectivity index (χ1v) is 7.67. The van der Waals surface area contributed by atoms with Crippen molar-refractivity contribution in [3.05, 3.63) is 35.9 Å². The van der Waals surface area contributed by atoms with Gasteiger partial charge in [0.2, 0.25) is 5.54 Å². The van der Waals surface area contributed by atoms with E-state index >= 15 is 0 Å². The van der Waals surface area contributed by atoms with Gasteiger partial charge in [-0.2, -0.15) is 0 Å². The number of carboxylic acid groups (broad SMARTS) is 1. The van der Waals surface area contributed by atoms with E-state index in [1.54, 1.807) is 45.0 Å². The third-order valence-electron chi connectivity index (χ3n) is 3.30. The van der Waals surface area contributed by atoms with Crippen molar-refractivity contribution in [1.29, 1.82) is 0 Å². The number of rotatable bonds is 7. The molecule has 0 radical (unpaired) electrons. The van der Waals surface area contributed by atoms with Crippen molar-refractivity contribution in [2.24, 2.45) is 11.5 Å². The number of aliphatic carboxylic acids is 1. The zero-order valence-electron chi connectivity index (χ0n) is 14.5. The van der Waals surface area contributed by atoms with E-state index in [1.165, 1.54) is 0 Å².